The summed E-state index contributed by atoms with van der Waals surface area (Å²) in [5.74, 6) is -0.0750. The molecule has 2 aromatic heterocycles. The second-order valence-electron chi connectivity index (χ2n) is 14.4. The van der Waals surface area contributed by atoms with Crippen LogP contribution in [-0.2, 0) is 40.5 Å². The molecular weight excluding hydrogens is 983 g/mol. The van der Waals surface area contributed by atoms with E-state index >= 15 is 0 Å². The van der Waals surface area contributed by atoms with E-state index in [-0.39, 0.29) is 77.0 Å². The molecule has 344 valence electrons. The van der Waals surface area contributed by atoms with Gasteiger partial charge in [0.1, 0.15) is 27.2 Å². The van der Waals surface area contributed by atoms with Crippen LogP contribution in [0.25, 0.3) is 32.8 Å². The van der Waals surface area contributed by atoms with E-state index in [2.05, 4.69) is 47.1 Å². The highest BCUT2D eigenvalue weighted by molar-refractivity contribution is 7.86. The minimum atomic E-state index is -4.98. The first-order valence-electron chi connectivity index (χ1n) is 19.1. The van der Waals surface area contributed by atoms with Crippen LogP contribution in [0.4, 0.5) is 44.5 Å². The molecule has 0 amide bonds. The molecule has 21 nitrogen and oxygen atoms in total. The van der Waals surface area contributed by atoms with E-state index in [4.69, 9.17) is 0 Å². The van der Waals surface area contributed by atoms with Crippen molar-refractivity contribution >= 4 is 118 Å². The van der Waals surface area contributed by atoms with Gasteiger partial charge in [-0.3, -0.25) is 18.2 Å². The summed E-state index contributed by atoms with van der Waals surface area (Å²) < 4.78 is 135. The molecule has 0 spiro atoms. The van der Waals surface area contributed by atoms with Gasteiger partial charge in [0.05, 0.1) is 21.0 Å². The standard InChI is InChI=1S/C42H29N9O12S5/c1-23-34(22-43)39(44-27-11-15-30(16-12-27)65(52,53)54)47-40(45-28-13-17-31(18-14-28)66(55,56)57)37(23)49-51-42-46-38(26-10-9-24-5-2-3-6-25(24)19-26)41(64-42)50-48-29-20-33-32(36(21-29)68(61,62)63)7-4-8-35(33)67(58,59)60/h2-21H,1H3,(H2,44,45,47)(H,52,53,54)(H,55,56,57)(H,58,59,60)(H,61,62,63)/b50-48+,51-49?. The van der Waals surface area contributed by atoms with Gasteiger partial charge < -0.3 is 10.6 Å². The minimum Gasteiger partial charge on any atom is -0.339 e. The fourth-order valence-electron chi connectivity index (χ4n) is 6.76. The molecule has 0 aliphatic heterocycles. The van der Waals surface area contributed by atoms with Gasteiger partial charge in [0, 0.05) is 33.3 Å². The summed E-state index contributed by atoms with van der Waals surface area (Å²) in [6.07, 6.45) is 0. The third kappa shape index (κ3) is 10.1. The highest BCUT2D eigenvalue weighted by Gasteiger charge is 2.23. The highest BCUT2D eigenvalue weighted by atomic mass is 32.2. The minimum absolute atomic E-state index is 0.0122. The molecule has 0 unspecified atom stereocenters. The lowest BCUT2D eigenvalue weighted by atomic mass is 10.1. The zero-order valence-corrected chi connectivity index (χ0v) is 38.4. The van der Waals surface area contributed by atoms with Crippen molar-refractivity contribution in [3.63, 3.8) is 0 Å². The van der Waals surface area contributed by atoms with E-state index in [1.54, 1.807) is 6.07 Å². The molecular formula is C42H29N9O12S5. The number of fused-ring (bicyclic) bond motifs is 2. The second kappa shape index (κ2) is 18.0. The van der Waals surface area contributed by atoms with Gasteiger partial charge in [-0.1, -0.05) is 59.9 Å². The van der Waals surface area contributed by atoms with Gasteiger partial charge in [0.25, 0.3) is 40.5 Å². The van der Waals surface area contributed by atoms with Gasteiger partial charge in [0.2, 0.25) is 5.13 Å². The van der Waals surface area contributed by atoms with Crippen molar-refractivity contribution in [3.05, 3.63) is 132 Å². The molecule has 0 radical (unpaired) electrons. The highest BCUT2D eigenvalue weighted by Crippen LogP contribution is 2.44. The first-order chi connectivity index (χ1) is 32.1. The molecule has 6 aromatic carbocycles. The van der Waals surface area contributed by atoms with Crippen LogP contribution in [0.5, 0.6) is 0 Å². The van der Waals surface area contributed by atoms with E-state index in [0.717, 1.165) is 64.6 Å². The van der Waals surface area contributed by atoms with Crippen LogP contribution in [0.2, 0.25) is 0 Å². The number of aromatic nitrogens is 2. The monoisotopic (exact) mass is 1010 g/mol. The van der Waals surface area contributed by atoms with Crippen LogP contribution >= 0.6 is 11.3 Å². The molecule has 8 rings (SSSR count). The summed E-state index contributed by atoms with van der Waals surface area (Å²) in [5, 5.41) is 35.0. The molecule has 0 saturated heterocycles. The van der Waals surface area contributed by atoms with E-state index in [9.17, 15) is 57.1 Å². The molecule has 6 N–H and O–H groups in total. The molecule has 68 heavy (non-hydrogen) atoms. The molecule has 8 aromatic rings. The molecule has 2 heterocycles. The number of rotatable bonds is 13. The molecule has 0 aliphatic rings. The number of nitrogens with one attached hydrogen (secondary N) is 2. The summed E-state index contributed by atoms with van der Waals surface area (Å²) >= 11 is 0.861. The predicted octanol–water partition coefficient (Wildman–Crippen LogP) is 10.00. The molecule has 0 aliphatic carbocycles. The lowest BCUT2D eigenvalue weighted by molar-refractivity contribution is 0.481. The molecule has 0 atom stereocenters. The van der Waals surface area contributed by atoms with E-state index in [1.165, 1.54) is 43.3 Å². The van der Waals surface area contributed by atoms with Crippen molar-refractivity contribution in [1.29, 1.82) is 5.26 Å². The van der Waals surface area contributed by atoms with E-state index < -0.39 is 55.2 Å². The Labute approximate surface area is 390 Å². The van der Waals surface area contributed by atoms with E-state index in [0.29, 0.717) is 5.56 Å². The normalized spacial score (nSPS) is 12.5. The largest absolute Gasteiger partial charge is 0.339 e. The van der Waals surface area contributed by atoms with Gasteiger partial charge in [-0.2, -0.15) is 38.9 Å². The van der Waals surface area contributed by atoms with Crippen LogP contribution in [0, 0.1) is 18.3 Å². The molecule has 0 saturated carbocycles. The summed E-state index contributed by atoms with van der Waals surface area (Å²) in [6.45, 7) is 1.54. The Morgan fingerprint density at radius 3 is 1.76 bits per heavy atom. The lowest BCUT2D eigenvalue weighted by Crippen LogP contribution is -2.05. The van der Waals surface area contributed by atoms with Crippen LogP contribution in [0.15, 0.2) is 161 Å². The van der Waals surface area contributed by atoms with Crippen LogP contribution in [0.1, 0.15) is 11.1 Å². The number of anilines is 4. The second-order valence-corrected chi connectivity index (χ2v) is 21.0. The van der Waals surface area contributed by atoms with Gasteiger partial charge in [-0.05, 0) is 90.5 Å². The van der Waals surface area contributed by atoms with Crippen molar-refractivity contribution in [2.45, 2.75) is 26.5 Å². The zero-order valence-electron chi connectivity index (χ0n) is 34.3. The lowest BCUT2D eigenvalue weighted by Gasteiger charge is -2.16. The van der Waals surface area contributed by atoms with Crippen molar-refractivity contribution in [3.8, 4) is 17.3 Å². The van der Waals surface area contributed by atoms with Crippen LogP contribution < -0.4 is 10.6 Å². The Morgan fingerprint density at radius 1 is 0.574 bits per heavy atom. The summed E-state index contributed by atoms with van der Waals surface area (Å²) in [4.78, 5) is 7.12. The molecule has 26 heteroatoms. The smallest absolute Gasteiger partial charge is 0.295 e. The fraction of sp³-hybridized carbons (Fsp3) is 0.0238. The average molecular weight is 1010 g/mol. The Bertz CT molecular complexity index is 3940. The number of hydrogen-bond acceptors (Lipinski definition) is 18. The maximum absolute atomic E-state index is 12.5. The number of nitrogens with zero attached hydrogens (tertiary/aromatic N) is 7. The number of thiazole rings is 1. The van der Waals surface area contributed by atoms with Crippen molar-refractivity contribution in [2.75, 3.05) is 10.6 Å². The zero-order chi connectivity index (χ0) is 48.8. The average Bonchev–Trinajstić information content (AvgIpc) is 3.69. The maximum Gasteiger partial charge on any atom is 0.295 e. The topological polar surface area (TPSA) is 341 Å². The Morgan fingerprint density at radius 2 is 1.18 bits per heavy atom. The number of benzene rings is 6. The van der Waals surface area contributed by atoms with E-state index in [1.807, 2.05) is 36.4 Å². The number of nitriles is 1. The number of azo groups is 2. The van der Waals surface area contributed by atoms with Gasteiger partial charge in [0.15, 0.2) is 16.6 Å². The first kappa shape index (κ1) is 47.1. The van der Waals surface area contributed by atoms with Crippen molar-refractivity contribution in [2.24, 2.45) is 20.5 Å². The summed E-state index contributed by atoms with van der Waals surface area (Å²) in [6, 6.07) is 30.3. The van der Waals surface area contributed by atoms with Crippen LogP contribution in [-0.4, -0.2) is 61.9 Å². The predicted molar refractivity (Wildman–Crippen MR) is 250 cm³/mol. The van der Waals surface area contributed by atoms with Gasteiger partial charge in [-0.25, -0.2) is 9.97 Å². The van der Waals surface area contributed by atoms with Crippen molar-refractivity contribution < 1.29 is 51.9 Å². The number of pyridine rings is 1. The van der Waals surface area contributed by atoms with Crippen molar-refractivity contribution in [1.82, 2.24) is 9.97 Å². The third-order valence-electron chi connectivity index (χ3n) is 9.93. The Balaban J connectivity index is 1.26. The molecule has 0 fully saturated rings. The van der Waals surface area contributed by atoms with Gasteiger partial charge >= 0.3 is 0 Å². The quantitative estimate of drug-likeness (QED) is 0.0462. The Kier molecular flexibility index (Phi) is 12.4. The van der Waals surface area contributed by atoms with Gasteiger partial charge in [-0.15, -0.1) is 20.5 Å². The fourth-order valence-corrected chi connectivity index (χ4v) is 9.88. The van der Waals surface area contributed by atoms with Crippen LogP contribution in [0.3, 0.4) is 0 Å². The summed E-state index contributed by atoms with van der Waals surface area (Å²) in [7, 11) is -18.9. The summed E-state index contributed by atoms with van der Waals surface area (Å²) in [5.41, 5.74) is 1.19. The number of hydrogen-bond donors (Lipinski definition) is 6. The Hall–Kier alpha value is -7.45. The third-order valence-corrected chi connectivity index (χ3v) is 14.3. The molecule has 0 bridgehead atoms. The SMILES string of the molecule is Cc1c(C#N)c(Nc2ccc(S(=O)(=O)O)cc2)nc(Nc2ccc(S(=O)(=O)O)cc2)c1N=Nc1nc(-c2ccc3ccccc3c2)c(/N=N/c2cc(S(=O)(=O)O)c3cccc(S(=O)(=O)O)c3c2)s1. The first-order valence-corrected chi connectivity index (χ1v) is 25.6. The maximum atomic E-state index is 12.5.